The number of halogens is 3. The van der Waals surface area contributed by atoms with Gasteiger partial charge < -0.3 is 0 Å². The van der Waals surface area contributed by atoms with Crippen LogP contribution in [-0.4, -0.2) is 10.8 Å². The molecule has 5 heteroatoms. The standard InChI is InChI=1S/C8H4Br2ClNO/c9-8(10)6(13)3-5-7(8)4(11)1-2-12-5/h1-2H,3H2. The van der Waals surface area contributed by atoms with E-state index in [0.717, 1.165) is 11.3 Å². The van der Waals surface area contributed by atoms with Crippen LogP contribution in [0.25, 0.3) is 0 Å². The predicted octanol–water partition coefficient (Wildman–Crippen LogP) is 2.80. The number of nitrogens with zero attached hydrogens (tertiary/aromatic N) is 1. The fraction of sp³-hybridized carbons (Fsp3) is 0.250. The van der Waals surface area contributed by atoms with Crippen LogP contribution in [0.3, 0.4) is 0 Å². The topological polar surface area (TPSA) is 30.0 Å². The minimum Gasteiger partial charge on any atom is -0.296 e. The van der Waals surface area contributed by atoms with E-state index in [2.05, 4.69) is 36.8 Å². The van der Waals surface area contributed by atoms with Gasteiger partial charge >= 0.3 is 0 Å². The molecule has 1 heterocycles. The molecular weight excluding hydrogens is 321 g/mol. The number of pyridine rings is 1. The van der Waals surface area contributed by atoms with Crippen molar-refractivity contribution < 1.29 is 4.79 Å². The van der Waals surface area contributed by atoms with Crippen molar-refractivity contribution >= 4 is 49.2 Å². The molecule has 0 aromatic carbocycles. The summed E-state index contributed by atoms with van der Waals surface area (Å²) in [5.41, 5.74) is 1.48. The van der Waals surface area contributed by atoms with E-state index in [1.807, 2.05) is 0 Å². The Labute approximate surface area is 96.9 Å². The molecule has 0 aliphatic heterocycles. The van der Waals surface area contributed by atoms with Gasteiger partial charge in [-0.15, -0.1) is 0 Å². The third-order valence-corrected chi connectivity index (χ3v) is 3.96. The molecule has 0 spiro atoms. The summed E-state index contributed by atoms with van der Waals surface area (Å²) >= 11 is 12.6. The van der Waals surface area contributed by atoms with Crippen molar-refractivity contribution in [1.29, 1.82) is 0 Å². The van der Waals surface area contributed by atoms with Gasteiger partial charge in [0.1, 0.15) is 0 Å². The average molecular weight is 325 g/mol. The average Bonchev–Trinajstić information content (AvgIpc) is 2.24. The van der Waals surface area contributed by atoms with Crippen LogP contribution in [0, 0.1) is 0 Å². The fourth-order valence-corrected chi connectivity index (χ4v) is 3.05. The summed E-state index contributed by atoms with van der Waals surface area (Å²) in [5, 5.41) is 0.560. The van der Waals surface area contributed by atoms with Gasteiger partial charge in [-0.25, -0.2) is 0 Å². The van der Waals surface area contributed by atoms with Crippen LogP contribution in [-0.2, 0) is 14.4 Å². The van der Waals surface area contributed by atoms with Gasteiger partial charge in [-0.05, 0) is 6.07 Å². The Morgan fingerprint density at radius 1 is 1.54 bits per heavy atom. The summed E-state index contributed by atoms with van der Waals surface area (Å²) in [6.07, 6.45) is 1.93. The van der Waals surface area contributed by atoms with Gasteiger partial charge in [-0.1, -0.05) is 43.5 Å². The zero-order valence-electron chi connectivity index (χ0n) is 6.35. The van der Waals surface area contributed by atoms with Crippen molar-refractivity contribution in [3.05, 3.63) is 28.5 Å². The van der Waals surface area contributed by atoms with Crippen LogP contribution >= 0.6 is 43.5 Å². The third kappa shape index (κ3) is 1.35. The van der Waals surface area contributed by atoms with Crippen LogP contribution in [0.15, 0.2) is 12.3 Å². The Kier molecular flexibility index (Phi) is 2.25. The molecule has 68 valence electrons. The van der Waals surface area contributed by atoms with Crippen LogP contribution in [0.5, 0.6) is 0 Å². The van der Waals surface area contributed by atoms with Gasteiger partial charge in [-0.3, -0.25) is 9.78 Å². The first-order valence-electron chi connectivity index (χ1n) is 3.58. The van der Waals surface area contributed by atoms with Crippen molar-refractivity contribution in [2.24, 2.45) is 0 Å². The summed E-state index contributed by atoms with van der Waals surface area (Å²) in [7, 11) is 0. The van der Waals surface area contributed by atoms with E-state index >= 15 is 0 Å². The normalized spacial score (nSPS) is 18.8. The van der Waals surface area contributed by atoms with Gasteiger partial charge in [0.15, 0.2) is 9.02 Å². The Morgan fingerprint density at radius 2 is 2.23 bits per heavy atom. The molecule has 1 aliphatic rings. The molecule has 0 fully saturated rings. The van der Waals surface area contributed by atoms with E-state index in [1.54, 1.807) is 12.3 Å². The molecule has 2 rings (SSSR count). The molecule has 0 saturated heterocycles. The van der Waals surface area contributed by atoms with Gasteiger partial charge in [0.25, 0.3) is 0 Å². The molecule has 0 unspecified atom stereocenters. The van der Waals surface area contributed by atoms with Crippen LogP contribution in [0.4, 0.5) is 0 Å². The van der Waals surface area contributed by atoms with Crippen LogP contribution in [0.2, 0.25) is 5.02 Å². The second kappa shape index (κ2) is 3.04. The lowest BCUT2D eigenvalue weighted by Crippen LogP contribution is -2.16. The maximum Gasteiger partial charge on any atom is 0.170 e. The van der Waals surface area contributed by atoms with Crippen LogP contribution in [0.1, 0.15) is 11.3 Å². The molecule has 0 atom stereocenters. The number of hydrogen-bond donors (Lipinski definition) is 0. The Bertz CT molecular complexity index is 392. The first kappa shape index (κ1) is 9.62. The second-order valence-corrected chi connectivity index (χ2v) is 6.64. The van der Waals surface area contributed by atoms with Crippen molar-refractivity contribution in [3.8, 4) is 0 Å². The van der Waals surface area contributed by atoms with E-state index < -0.39 is 3.23 Å². The smallest absolute Gasteiger partial charge is 0.170 e. The summed E-state index contributed by atoms with van der Waals surface area (Å²) in [6.45, 7) is 0. The molecule has 0 saturated carbocycles. The zero-order valence-corrected chi connectivity index (χ0v) is 10.3. The minimum absolute atomic E-state index is 0.0306. The Morgan fingerprint density at radius 3 is 2.85 bits per heavy atom. The highest BCUT2D eigenvalue weighted by atomic mass is 79.9. The summed E-state index contributed by atoms with van der Waals surface area (Å²) in [6, 6.07) is 1.68. The van der Waals surface area contributed by atoms with Crippen molar-refractivity contribution in [2.45, 2.75) is 9.65 Å². The van der Waals surface area contributed by atoms with E-state index in [-0.39, 0.29) is 5.78 Å². The van der Waals surface area contributed by atoms with Gasteiger partial charge in [0.2, 0.25) is 0 Å². The Balaban J connectivity index is 2.70. The second-order valence-electron chi connectivity index (χ2n) is 2.79. The molecule has 0 radical (unpaired) electrons. The molecule has 0 bridgehead atoms. The monoisotopic (exact) mass is 323 g/mol. The predicted molar refractivity (Wildman–Crippen MR) is 57.5 cm³/mol. The van der Waals surface area contributed by atoms with E-state index in [1.165, 1.54) is 0 Å². The number of carbonyl (C=O) groups excluding carboxylic acids is 1. The number of ketones is 1. The van der Waals surface area contributed by atoms with Gasteiger partial charge in [0, 0.05) is 16.8 Å². The molecule has 13 heavy (non-hydrogen) atoms. The zero-order chi connectivity index (χ0) is 9.64. The first-order valence-corrected chi connectivity index (χ1v) is 5.55. The third-order valence-electron chi connectivity index (χ3n) is 1.97. The number of fused-ring (bicyclic) bond motifs is 1. The highest BCUT2D eigenvalue weighted by molar-refractivity contribution is 9.25. The lowest BCUT2D eigenvalue weighted by molar-refractivity contribution is -0.117. The molecule has 1 aliphatic carbocycles. The number of aromatic nitrogens is 1. The van der Waals surface area contributed by atoms with E-state index in [0.29, 0.717) is 11.4 Å². The summed E-state index contributed by atoms with van der Waals surface area (Å²) in [5.74, 6) is 0.0306. The molecule has 0 amide bonds. The molecule has 1 aromatic heterocycles. The Hall–Kier alpha value is 0.0700. The van der Waals surface area contributed by atoms with Crippen molar-refractivity contribution in [2.75, 3.05) is 0 Å². The summed E-state index contributed by atoms with van der Waals surface area (Å²) in [4.78, 5) is 15.6. The van der Waals surface area contributed by atoms with Gasteiger partial charge in [-0.2, -0.15) is 0 Å². The highest BCUT2D eigenvalue weighted by Gasteiger charge is 2.44. The SMILES string of the molecule is O=C1Cc2nccc(Cl)c2C1(Br)Br. The lowest BCUT2D eigenvalue weighted by Gasteiger charge is -2.13. The number of Topliss-reactive ketones (excluding diaryl/α,β-unsaturated/α-hetero) is 1. The van der Waals surface area contributed by atoms with Crippen molar-refractivity contribution in [3.63, 3.8) is 0 Å². The molecule has 2 nitrogen and oxygen atoms in total. The number of alkyl halides is 2. The van der Waals surface area contributed by atoms with E-state index in [9.17, 15) is 4.79 Å². The maximum atomic E-state index is 11.5. The highest BCUT2D eigenvalue weighted by Crippen LogP contribution is 2.48. The minimum atomic E-state index is -0.833. The largest absolute Gasteiger partial charge is 0.296 e. The van der Waals surface area contributed by atoms with Gasteiger partial charge in [0.05, 0.1) is 12.1 Å². The van der Waals surface area contributed by atoms with Crippen LogP contribution < -0.4 is 0 Å². The number of rotatable bonds is 0. The number of carbonyl (C=O) groups is 1. The quantitative estimate of drug-likeness (QED) is 0.687. The summed E-state index contributed by atoms with van der Waals surface area (Å²) < 4.78 is -0.833. The maximum absolute atomic E-state index is 11.5. The fourth-order valence-electron chi connectivity index (χ4n) is 1.35. The first-order chi connectivity index (χ1) is 6.03. The molecule has 0 N–H and O–H groups in total. The lowest BCUT2D eigenvalue weighted by atomic mass is 10.2. The van der Waals surface area contributed by atoms with E-state index in [4.69, 9.17) is 11.6 Å². The molecular formula is C8H4Br2ClNO. The number of hydrogen-bond acceptors (Lipinski definition) is 2. The van der Waals surface area contributed by atoms with Crippen molar-refractivity contribution in [1.82, 2.24) is 4.98 Å². The molecule has 1 aromatic rings.